The summed E-state index contributed by atoms with van der Waals surface area (Å²) in [6.07, 6.45) is 3.77. The summed E-state index contributed by atoms with van der Waals surface area (Å²) in [7, 11) is 0. The van der Waals surface area contributed by atoms with E-state index in [4.69, 9.17) is 4.74 Å². The highest BCUT2D eigenvalue weighted by atomic mass is 16.5. The third-order valence-electron chi connectivity index (χ3n) is 3.39. The zero-order chi connectivity index (χ0) is 8.89. The summed E-state index contributed by atoms with van der Waals surface area (Å²) in [5.41, 5.74) is 3.32. The van der Waals surface area contributed by atoms with Crippen LogP contribution in [0.3, 0.4) is 0 Å². The van der Waals surface area contributed by atoms with Crippen LogP contribution in [-0.2, 0) is 11.8 Å². The van der Waals surface area contributed by atoms with Crippen LogP contribution < -0.4 is 4.74 Å². The van der Waals surface area contributed by atoms with Gasteiger partial charge in [0.25, 0.3) is 0 Å². The Morgan fingerprint density at radius 2 is 2.15 bits per heavy atom. The monoisotopic (exact) mass is 174 g/mol. The first-order chi connectivity index (χ1) is 6.28. The van der Waals surface area contributed by atoms with Gasteiger partial charge in [-0.2, -0.15) is 0 Å². The molecule has 0 spiro atoms. The van der Waals surface area contributed by atoms with Gasteiger partial charge in [-0.25, -0.2) is 0 Å². The summed E-state index contributed by atoms with van der Waals surface area (Å²) in [6, 6.07) is 6.76. The highest BCUT2D eigenvalue weighted by Crippen LogP contribution is 2.48. The van der Waals surface area contributed by atoms with Crippen LogP contribution in [0.5, 0.6) is 5.75 Å². The van der Waals surface area contributed by atoms with E-state index in [1.54, 1.807) is 0 Å². The Kier molecular flexibility index (Phi) is 1.30. The lowest BCUT2D eigenvalue weighted by Crippen LogP contribution is -1.99. The van der Waals surface area contributed by atoms with E-state index in [9.17, 15) is 0 Å². The van der Waals surface area contributed by atoms with Gasteiger partial charge in [0.15, 0.2) is 0 Å². The van der Waals surface area contributed by atoms with Crippen LogP contribution in [0.2, 0.25) is 0 Å². The molecule has 0 saturated heterocycles. The third kappa shape index (κ3) is 1.06. The predicted molar refractivity (Wildman–Crippen MR) is 52.2 cm³/mol. The second-order valence-electron chi connectivity index (χ2n) is 4.48. The topological polar surface area (TPSA) is 9.23 Å². The fourth-order valence-electron chi connectivity index (χ4n) is 2.02. The summed E-state index contributed by atoms with van der Waals surface area (Å²) in [6.45, 7) is 3.21. The third-order valence-corrected chi connectivity index (χ3v) is 3.39. The van der Waals surface area contributed by atoms with Gasteiger partial charge < -0.3 is 4.74 Å². The van der Waals surface area contributed by atoms with Crippen molar-refractivity contribution in [1.29, 1.82) is 0 Å². The van der Waals surface area contributed by atoms with Crippen LogP contribution in [0.1, 0.15) is 30.9 Å². The van der Waals surface area contributed by atoms with Crippen LogP contribution in [-0.4, -0.2) is 6.61 Å². The molecule has 0 aromatic heterocycles. The van der Waals surface area contributed by atoms with Gasteiger partial charge in [-0.1, -0.05) is 19.1 Å². The molecular formula is C12H14O. The van der Waals surface area contributed by atoms with E-state index >= 15 is 0 Å². The molecule has 13 heavy (non-hydrogen) atoms. The minimum Gasteiger partial charge on any atom is -0.493 e. The lowest BCUT2D eigenvalue weighted by Gasteiger charge is -2.09. The maximum absolute atomic E-state index is 5.56. The van der Waals surface area contributed by atoms with Crippen LogP contribution in [0.25, 0.3) is 0 Å². The van der Waals surface area contributed by atoms with Gasteiger partial charge in [0.05, 0.1) is 6.61 Å². The summed E-state index contributed by atoms with van der Waals surface area (Å²) >= 11 is 0. The van der Waals surface area contributed by atoms with Crippen molar-refractivity contribution in [2.75, 3.05) is 6.61 Å². The Morgan fingerprint density at radius 3 is 2.92 bits per heavy atom. The highest BCUT2D eigenvalue weighted by molar-refractivity contribution is 5.44. The molecule has 0 unspecified atom stereocenters. The van der Waals surface area contributed by atoms with Gasteiger partial charge in [-0.05, 0) is 35.4 Å². The zero-order valence-corrected chi connectivity index (χ0v) is 7.97. The van der Waals surface area contributed by atoms with E-state index in [0.29, 0.717) is 5.41 Å². The summed E-state index contributed by atoms with van der Waals surface area (Å²) in [5.74, 6) is 1.13. The van der Waals surface area contributed by atoms with Crippen LogP contribution in [0.15, 0.2) is 18.2 Å². The molecule has 1 saturated carbocycles. The number of rotatable bonds is 1. The fourth-order valence-corrected chi connectivity index (χ4v) is 2.02. The number of ether oxygens (including phenoxy) is 1. The summed E-state index contributed by atoms with van der Waals surface area (Å²) in [5, 5.41) is 0. The Morgan fingerprint density at radius 1 is 1.31 bits per heavy atom. The fraction of sp³-hybridized carbons (Fsp3) is 0.500. The largest absolute Gasteiger partial charge is 0.493 e. The second kappa shape index (κ2) is 2.28. The van der Waals surface area contributed by atoms with E-state index in [1.165, 1.54) is 24.0 Å². The normalized spacial score (nSPS) is 22.2. The van der Waals surface area contributed by atoms with Crippen molar-refractivity contribution in [3.63, 3.8) is 0 Å². The van der Waals surface area contributed by atoms with Gasteiger partial charge >= 0.3 is 0 Å². The van der Waals surface area contributed by atoms with E-state index in [-0.39, 0.29) is 0 Å². The van der Waals surface area contributed by atoms with Crippen molar-refractivity contribution in [3.05, 3.63) is 29.3 Å². The predicted octanol–water partition coefficient (Wildman–Crippen LogP) is 2.67. The molecule has 1 aliphatic carbocycles. The Hall–Kier alpha value is -0.980. The minimum absolute atomic E-state index is 0.473. The van der Waals surface area contributed by atoms with Crippen LogP contribution in [0.4, 0.5) is 0 Å². The molecule has 0 radical (unpaired) electrons. The molecule has 68 valence electrons. The number of fused-ring (bicyclic) bond motifs is 1. The lowest BCUT2D eigenvalue weighted by molar-refractivity contribution is 0.356. The summed E-state index contributed by atoms with van der Waals surface area (Å²) < 4.78 is 5.56. The molecule has 1 heteroatoms. The molecule has 0 atom stereocenters. The molecule has 0 bridgehead atoms. The molecule has 0 N–H and O–H groups in total. The molecule has 1 aromatic carbocycles. The second-order valence-corrected chi connectivity index (χ2v) is 4.48. The Bertz CT molecular complexity index is 350. The van der Waals surface area contributed by atoms with E-state index in [0.717, 1.165) is 18.8 Å². The van der Waals surface area contributed by atoms with Gasteiger partial charge in [0.1, 0.15) is 5.75 Å². The molecule has 1 nitrogen and oxygen atoms in total. The molecule has 1 heterocycles. The minimum atomic E-state index is 0.473. The zero-order valence-electron chi connectivity index (χ0n) is 7.97. The van der Waals surface area contributed by atoms with Gasteiger partial charge in [-0.15, -0.1) is 0 Å². The smallest absolute Gasteiger partial charge is 0.122 e. The van der Waals surface area contributed by atoms with E-state index in [1.807, 2.05) is 0 Å². The average Bonchev–Trinajstić information content (AvgIpc) is 2.74. The molecule has 1 fully saturated rings. The van der Waals surface area contributed by atoms with Crippen molar-refractivity contribution in [1.82, 2.24) is 0 Å². The molecular weight excluding hydrogens is 160 g/mol. The highest BCUT2D eigenvalue weighted by Gasteiger charge is 2.39. The Balaban J connectivity index is 2.05. The average molecular weight is 174 g/mol. The molecule has 1 aliphatic heterocycles. The quantitative estimate of drug-likeness (QED) is 0.636. The summed E-state index contributed by atoms with van der Waals surface area (Å²) in [4.78, 5) is 0. The van der Waals surface area contributed by atoms with Crippen LogP contribution >= 0.6 is 0 Å². The van der Waals surface area contributed by atoms with Gasteiger partial charge in [-0.3, -0.25) is 0 Å². The van der Waals surface area contributed by atoms with E-state index < -0.39 is 0 Å². The molecule has 2 aliphatic rings. The molecule has 0 amide bonds. The number of benzene rings is 1. The first-order valence-electron chi connectivity index (χ1n) is 5.04. The maximum atomic E-state index is 5.56. The Labute approximate surface area is 78.7 Å². The SMILES string of the molecule is CC1(c2ccc3c(c2)OCC3)CC1. The van der Waals surface area contributed by atoms with E-state index in [2.05, 4.69) is 25.1 Å². The molecule has 1 aromatic rings. The number of hydrogen-bond donors (Lipinski definition) is 0. The van der Waals surface area contributed by atoms with Crippen molar-refractivity contribution in [2.24, 2.45) is 0 Å². The van der Waals surface area contributed by atoms with Crippen LogP contribution in [0, 0.1) is 0 Å². The van der Waals surface area contributed by atoms with Crippen molar-refractivity contribution < 1.29 is 4.74 Å². The first-order valence-corrected chi connectivity index (χ1v) is 5.04. The van der Waals surface area contributed by atoms with Crippen molar-refractivity contribution in [2.45, 2.75) is 31.6 Å². The van der Waals surface area contributed by atoms with Gasteiger partial charge in [0.2, 0.25) is 0 Å². The molecule has 3 rings (SSSR count). The lowest BCUT2D eigenvalue weighted by atomic mass is 9.96. The van der Waals surface area contributed by atoms with Crippen molar-refractivity contribution in [3.8, 4) is 5.75 Å². The van der Waals surface area contributed by atoms with Gasteiger partial charge in [0, 0.05) is 6.42 Å². The standard InChI is InChI=1S/C12H14O/c1-12(5-6-12)10-3-2-9-4-7-13-11(9)8-10/h2-3,8H,4-7H2,1H3. The first kappa shape index (κ1) is 7.43. The maximum Gasteiger partial charge on any atom is 0.122 e. The van der Waals surface area contributed by atoms with Crippen molar-refractivity contribution >= 4 is 0 Å². The number of hydrogen-bond acceptors (Lipinski definition) is 1.